The van der Waals surface area contributed by atoms with E-state index in [0.717, 1.165) is 25.7 Å². The standard InChI is InChI=1S/C86H72Si4/c1-87(2)77-21-13-12-20-64(77)45-68-41-53(35-40-81(68)87)54-31-36-69-70-37-32-56(59-26-29-66-43-62-18-10-15-23-79(62)89(5,6)83(66)51-59)48-75(70)86-76-49-57(60-27-30-67-44-63-19-11-16-24-80(63)90(7,8)84(67)52-60)34-39-72(76)71-38-33-55(47-74(71)85(86)73(69)46-54)58-25-28-65-42-61-17-9-14-22-78(61)88(3,4)82(65)50-58/h9-41,46-52H,42-45H2,1-8H3. The lowest BCUT2D eigenvalue weighted by molar-refractivity contribution is 1.20. The first kappa shape index (κ1) is 54.2. The SMILES string of the molecule is C[Si]1(C)c2ccccc2Cc2cc(-c3ccc4c5ccc(-c6ccc7c(c6)[Si](C)(C)c6ccccc6C7)cc5c5c6cc(-c7ccc8c(c7)[Si](C)(C)c7ccccc7C8)ccc6c6ccc(-c7ccc8c(c7)[Si](C)(C)c7ccccc7C8)cc6c5c4c3)ccc21. The Hall–Kier alpha value is -8.75. The fraction of sp³-hybridized carbons (Fsp3) is 0.140. The van der Waals surface area contributed by atoms with Crippen molar-refractivity contribution in [2.45, 2.75) is 78.1 Å². The highest BCUT2D eigenvalue weighted by Gasteiger charge is 2.38. The summed E-state index contributed by atoms with van der Waals surface area (Å²) in [6.45, 7) is 20.5. The summed E-state index contributed by atoms with van der Waals surface area (Å²) in [6, 6.07) is 96.9. The van der Waals surface area contributed by atoms with Crippen molar-refractivity contribution in [3.05, 3.63) is 287 Å². The highest BCUT2D eigenvalue weighted by atomic mass is 28.3. The number of benzene rings is 14. The van der Waals surface area contributed by atoms with Gasteiger partial charge in [0.25, 0.3) is 0 Å². The molecule has 18 rings (SSSR count). The second-order valence-electron chi connectivity index (χ2n) is 29.1. The maximum Gasteiger partial charge on any atom is 0.112 e. The first-order valence-corrected chi connectivity index (χ1v) is 44.8. The van der Waals surface area contributed by atoms with Gasteiger partial charge in [-0.2, -0.15) is 0 Å². The van der Waals surface area contributed by atoms with Crippen molar-refractivity contribution < 1.29 is 0 Å². The largest absolute Gasteiger partial charge is 0.112 e. The Labute approximate surface area is 533 Å². The molecule has 0 saturated heterocycles. The van der Waals surface area contributed by atoms with E-state index in [-0.39, 0.29) is 0 Å². The van der Waals surface area contributed by atoms with Gasteiger partial charge in [0.05, 0.1) is 0 Å². The lowest BCUT2D eigenvalue weighted by atomic mass is 9.84. The maximum absolute atomic E-state index is 2.59. The minimum atomic E-state index is -1.99. The summed E-state index contributed by atoms with van der Waals surface area (Å²) in [6.07, 6.45) is 3.97. The molecule has 0 nitrogen and oxygen atoms in total. The molecular weight excluding hydrogens is 1150 g/mol. The van der Waals surface area contributed by atoms with Crippen molar-refractivity contribution in [1.82, 2.24) is 0 Å². The molecule has 90 heavy (non-hydrogen) atoms. The van der Waals surface area contributed by atoms with E-state index in [0.29, 0.717) is 0 Å². The Bertz CT molecular complexity index is 5370. The summed E-state index contributed by atoms with van der Waals surface area (Å²) in [7, 11) is -7.88. The van der Waals surface area contributed by atoms with Gasteiger partial charge in [0.1, 0.15) is 32.3 Å². The molecule has 4 heterocycles. The van der Waals surface area contributed by atoms with Gasteiger partial charge in [-0.3, -0.25) is 0 Å². The molecular formula is C86H72Si4. The predicted octanol–water partition coefficient (Wildman–Crippen LogP) is 17.0. The first-order valence-electron chi connectivity index (χ1n) is 32.8. The van der Waals surface area contributed by atoms with Crippen LogP contribution in [0.2, 0.25) is 52.4 Å². The zero-order valence-corrected chi connectivity index (χ0v) is 56.9. The summed E-state index contributed by atoms with van der Waals surface area (Å²) in [5.74, 6) is 0. The molecule has 0 N–H and O–H groups in total. The molecule has 432 valence electrons. The minimum Gasteiger partial charge on any atom is -0.0623 e. The monoisotopic (exact) mass is 1220 g/mol. The quantitative estimate of drug-likeness (QED) is 0.122. The number of rotatable bonds is 4. The highest BCUT2D eigenvalue weighted by molar-refractivity contribution is 7.03. The molecule has 4 heteroatoms. The van der Waals surface area contributed by atoms with Crippen LogP contribution < -0.4 is 41.5 Å². The van der Waals surface area contributed by atoms with Crippen LogP contribution in [0.4, 0.5) is 0 Å². The van der Waals surface area contributed by atoms with E-state index in [4.69, 9.17) is 0 Å². The van der Waals surface area contributed by atoms with Crippen LogP contribution in [-0.4, -0.2) is 32.3 Å². The van der Waals surface area contributed by atoms with Crippen LogP contribution in [0.5, 0.6) is 0 Å². The highest BCUT2D eigenvalue weighted by Crippen LogP contribution is 2.48. The molecule has 0 radical (unpaired) electrons. The Morgan fingerprint density at radius 3 is 0.722 bits per heavy atom. The van der Waals surface area contributed by atoms with E-state index < -0.39 is 32.3 Å². The van der Waals surface area contributed by atoms with E-state index in [1.165, 1.54) is 143 Å². The second-order valence-corrected chi connectivity index (χ2v) is 46.4. The Kier molecular flexibility index (Phi) is 11.7. The van der Waals surface area contributed by atoms with Gasteiger partial charge in [-0.1, -0.05) is 312 Å². The minimum absolute atomic E-state index is 0.976. The van der Waals surface area contributed by atoms with Gasteiger partial charge >= 0.3 is 0 Å². The summed E-state index contributed by atoms with van der Waals surface area (Å²) in [5, 5.41) is 25.7. The number of hydrogen-bond donors (Lipinski definition) is 0. The third-order valence-corrected chi connectivity index (χ3v) is 37.3. The Balaban J connectivity index is 0.916. The van der Waals surface area contributed by atoms with Crippen molar-refractivity contribution in [2.75, 3.05) is 0 Å². The van der Waals surface area contributed by atoms with Crippen molar-refractivity contribution in [3.8, 4) is 44.5 Å². The molecule has 0 aromatic heterocycles. The lowest BCUT2D eigenvalue weighted by Crippen LogP contribution is -2.58. The van der Waals surface area contributed by atoms with Crippen LogP contribution in [-0.2, 0) is 25.7 Å². The van der Waals surface area contributed by atoms with Crippen LogP contribution in [0.25, 0.3) is 98.4 Å². The van der Waals surface area contributed by atoms with Gasteiger partial charge in [-0.05, 0) is 193 Å². The lowest BCUT2D eigenvalue weighted by Gasteiger charge is -2.34. The summed E-state index contributed by atoms with van der Waals surface area (Å²) < 4.78 is 0. The van der Waals surface area contributed by atoms with Crippen LogP contribution >= 0.6 is 0 Å². The van der Waals surface area contributed by atoms with E-state index in [2.05, 4.69) is 295 Å². The fourth-order valence-corrected chi connectivity index (χ4v) is 31.1. The zero-order chi connectivity index (χ0) is 60.7. The molecule has 0 spiro atoms. The molecule has 0 unspecified atom stereocenters. The molecule has 4 aliphatic rings. The van der Waals surface area contributed by atoms with Gasteiger partial charge in [-0.15, -0.1) is 0 Å². The van der Waals surface area contributed by atoms with Crippen LogP contribution in [0.1, 0.15) is 44.5 Å². The molecule has 0 aliphatic carbocycles. The summed E-state index contributed by atoms with van der Waals surface area (Å²) in [4.78, 5) is 0. The normalized spacial score (nSPS) is 16.0. The van der Waals surface area contributed by atoms with E-state index in [9.17, 15) is 0 Å². The Morgan fingerprint density at radius 1 is 0.178 bits per heavy atom. The van der Waals surface area contributed by atoms with Crippen molar-refractivity contribution in [3.63, 3.8) is 0 Å². The van der Waals surface area contributed by atoms with Crippen molar-refractivity contribution >= 4 is 128 Å². The molecule has 4 aliphatic heterocycles. The average Bonchev–Trinajstić information content (AvgIpc) is 0.711. The smallest absolute Gasteiger partial charge is 0.0623 e. The molecule has 0 amide bonds. The molecule has 14 aromatic rings. The second kappa shape index (κ2) is 19.4. The van der Waals surface area contributed by atoms with E-state index in [1.54, 1.807) is 41.5 Å². The van der Waals surface area contributed by atoms with Gasteiger partial charge in [0, 0.05) is 0 Å². The van der Waals surface area contributed by atoms with Gasteiger partial charge in [-0.25, -0.2) is 0 Å². The van der Waals surface area contributed by atoms with E-state index in [1.807, 2.05) is 0 Å². The first-order chi connectivity index (χ1) is 43.6. The third-order valence-electron chi connectivity index (χ3n) is 22.7. The van der Waals surface area contributed by atoms with Crippen LogP contribution in [0.15, 0.2) is 243 Å². The zero-order valence-electron chi connectivity index (χ0n) is 52.9. The van der Waals surface area contributed by atoms with Crippen LogP contribution in [0, 0.1) is 0 Å². The average molecular weight is 1220 g/mol. The maximum atomic E-state index is 2.59. The number of fused-ring (bicyclic) bond motifs is 19. The Morgan fingerprint density at radius 2 is 0.400 bits per heavy atom. The predicted molar refractivity (Wildman–Crippen MR) is 400 cm³/mol. The topological polar surface area (TPSA) is 0 Å². The molecule has 0 atom stereocenters. The fourth-order valence-electron chi connectivity index (χ4n) is 18.0. The van der Waals surface area contributed by atoms with Gasteiger partial charge < -0.3 is 0 Å². The molecule has 0 fully saturated rings. The van der Waals surface area contributed by atoms with Crippen LogP contribution in [0.3, 0.4) is 0 Å². The van der Waals surface area contributed by atoms with Crippen molar-refractivity contribution in [1.29, 1.82) is 0 Å². The van der Waals surface area contributed by atoms with Crippen molar-refractivity contribution in [2.24, 2.45) is 0 Å². The third kappa shape index (κ3) is 7.94. The van der Waals surface area contributed by atoms with E-state index >= 15 is 0 Å². The molecule has 0 bridgehead atoms. The number of hydrogen-bond acceptors (Lipinski definition) is 0. The summed E-state index contributed by atoms with van der Waals surface area (Å²) in [5.41, 5.74) is 22.3. The van der Waals surface area contributed by atoms with Gasteiger partial charge in [0.2, 0.25) is 0 Å². The molecule has 14 aromatic carbocycles. The molecule has 0 saturated carbocycles. The van der Waals surface area contributed by atoms with Gasteiger partial charge in [0.15, 0.2) is 0 Å². The summed E-state index contributed by atoms with van der Waals surface area (Å²) >= 11 is 0.